The smallest absolute Gasteiger partial charge is 0.341 e. The van der Waals surface area contributed by atoms with Gasteiger partial charge in [-0.05, 0) is 85.2 Å². The van der Waals surface area contributed by atoms with Gasteiger partial charge in [-0.2, -0.15) is 5.26 Å². The molecule has 0 unspecified atom stereocenters. The minimum Gasteiger partial charge on any atom is -0.490 e. The standard InChI is InChI=1S/C34H32N2O5S/c1-3-39-29-19-22(16-17-28(29)41-21-24-12-9-11-23-10-5-6-13-26(23)24)18-25(20-35)32(37)36-33-31(34(38)40-4-2)27-14-7-8-15-30(27)42-33/h5-6,9-13,16-19H,3-4,7-8,14-15,21H2,1-2H3,(H,36,37). The summed E-state index contributed by atoms with van der Waals surface area (Å²) in [5.74, 6) is 0.0406. The third kappa shape index (κ3) is 6.32. The van der Waals surface area contributed by atoms with Gasteiger partial charge in [0.05, 0.1) is 18.8 Å². The van der Waals surface area contributed by atoms with E-state index in [-0.39, 0.29) is 12.2 Å². The van der Waals surface area contributed by atoms with Crippen LogP contribution in [-0.4, -0.2) is 25.1 Å². The summed E-state index contributed by atoms with van der Waals surface area (Å²) in [5, 5.41) is 15.4. The van der Waals surface area contributed by atoms with Crippen LogP contribution in [-0.2, 0) is 29.0 Å². The fraction of sp³-hybridized carbons (Fsp3) is 0.265. The number of amides is 1. The summed E-state index contributed by atoms with van der Waals surface area (Å²) >= 11 is 1.39. The monoisotopic (exact) mass is 580 g/mol. The summed E-state index contributed by atoms with van der Waals surface area (Å²) in [4.78, 5) is 27.1. The van der Waals surface area contributed by atoms with Crippen molar-refractivity contribution >= 4 is 45.1 Å². The molecule has 4 aromatic rings. The van der Waals surface area contributed by atoms with Crippen LogP contribution < -0.4 is 14.8 Å². The molecule has 0 radical (unpaired) electrons. The highest BCUT2D eigenvalue weighted by atomic mass is 32.1. The fourth-order valence-corrected chi connectivity index (χ4v) is 6.41. The topological polar surface area (TPSA) is 97.7 Å². The molecule has 7 nitrogen and oxygen atoms in total. The molecule has 0 saturated carbocycles. The highest BCUT2D eigenvalue weighted by molar-refractivity contribution is 7.17. The molecule has 42 heavy (non-hydrogen) atoms. The number of thiophene rings is 1. The second kappa shape index (κ2) is 13.4. The molecule has 1 aliphatic carbocycles. The Morgan fingerprint density at radius 1 is 0.976 bits per heavy atom. The highest BCUT2D eigenvalue weighted by Crippen LogP contribution is 2.39. The van der Waals surface area contributed by atoms with E-state index >= 15 is 0 Å². The Morgan fingerprint density at radius 3 is 2.60 bits per heavy atom. The molecular formula is C34H32N2O5S. The van der Waals surface area contributed by atoms with Crippen molar-refractivity contribution in [1.29, 1.82) is 5.26 Å². The van der Waals surface area contributed by atoms with Crippen LogP contribution in [0.15, 0.2) is 66.2 Å². The molecule has 1 heterocycles. The van der Waals surface area contributed by atoms with E-state index < -0.39 is 11.9 Å². The summed E-state index contributed by atoms with van der Waals surface area (Å²) in [7, 11) is 0. The van der Waals surface area contributed by atoms with Gasteiger partial charge in [-0.3, -0.25) is 4.79 Å². The van der Waals surface area contributed by atoms with Crippen molar-refractivity contribution in [2.45, 2.75) is 46.1 Å². The van der Waals surface area contributed by atoms with Crippen molar-refractivity contribution in [1.82, 2.24) is 0 Å². The average molecular weight is 581 g/mol. The zero-order valence-electron chi connectivity index (χ0n) is 23.7. The predicted octanol–water partition coefficient (Wildman–Crippen LogP) is 7.48. The van der Waals surface area contributed by atoms with Gasteiger partial charge >= 0.3 is 5.97 Å². The van der Waals surface area contributed by atoms with E-state index in [1.807, 2.05) is 37.3 Å². The molecule has 5 rings (SSSR count). The molecule has 1 amide bonds. The number of esters is 1. The number of fused-ring (bicyclic) bond motifs is 2. The van der Waals surface area contributed by atoms with Gasteiger partial charge in [0, 0.05) is 4.88 Å². The van der Waals surface area contributed by atoms with Gasteiger partial charge in [-0.1, -0.05) is 48.5 Å². The van der Waals surface area contributed by atoms with Crippen molar-refractivity contribution in [3.05, 3.63) is 93.4 Å². The largest absolute Gasteiger partial charge is 0.490 e. The van der Waals surface area contributed by atoms with Crippen LogP contribution in [0.25, 0.3) is 16.8 Å². The SMILES string of the molecule is CCOC(=O)c1c(NC(=O)C(C#N)=Cc2ccc(OCc3cccc4ccccc34)c(OCC)c2)sc2c1CCCC2. The molecule has 3 aromatic carbocycles. The molecule has 1 N–H and O–H groups in total. The Bertz CT molecular complexity index is 1690. The summed E-state index contributed by atoms with van der Waals surface area (Å²) in [6.07, 6.45) is 5.15. The predicted molar refractivity (Wildman–Crippen MR) is 165 cm³/mol. The van der Waals surface area contributed by atoms with Crippen molar-refractivity contribution in [3.63, 3.8) is 0 Å². The number of aryl methyl sites for hydroxylation is 1. The number of rotatable bonds is 10. The zero-order chi connectivity index (χ0) is 29.5. The van der Waals surface area contributed by atoms with Crippen molar-refractivity contribution in [2.24, 2.45) is 0 Å². The van der Waals surface area contributed by atoms with Gasteiger partial charge < -0.3 is 19.5 Å². The van der Waals surface area contributed by atoms with Crippen molar-refractivity contribution in [3.8, 4) is 17.6 Å². The first-order valence-electron chi connectivity index (χ1n) is 14.1. The molecule has 214 valence electrons. The van der Waals surface area contributed by atoms with E-state index in [4.69, 9.17) is 14.2 Å². The summed E-state index contributed by atoms with van der Waals surface area (Å²) in [5.41, 5.74) is 2.93. The summed E-state index contributed by atoms with van der Waals surface area (Å²) in [6, 6.07) is 21.6. The third-order valence-corrected chi connectivity index (χ3v) is 8.29. The molecule has 0 spiro atoms. The number of hydrogen-bond donors (Lipinski definition) is 1. The molecule has 0 fully saturated rings. The lowest BCUT2D eigenvalue weighted by atomic mass is 9.95. The van der Waals surface area contributed by atoms with E-state index in [1.54, 1.807) is 25.1 Å². The van der Waals surface area contributed by atoms with Gasteiger partial charge in [0.1, 0.15) is 23.3 Å². The van der Waals surface area contributed by atoms with E-state index in [2.05, 4.69) is 23.5 Å². The second-order valence-electron chi connectivity index (χ2n) is 9.83. The van der Waals surface area contributed by atoms with E-state index in [0.29, 0.717) is 40.8 Å². The molecule has 1 aliphatic rings. The van der Waals surface area contributed by atoms with E-state index in [1.165, 1.54) is 17.4 Å². The molecule has 1 aromatic heterocycles. The highest BCUT2D eigenvalue weighted by Gasteiger charge is 2.28. The minimum atomic E-state index is -0.587. The van der Waals surface area contributed by atoms with Gasteiger partial charge in [0.15, 0.2) is 11.5 Å². The normalized spacial score (nSPS) is 12.7. The molecule has 0 bridgehead atoms. The fourth-order valence-electron chi connectivity index (χ4n) is 5.13. The Hall–Kier alpha value is -4.61. The van der Waals surface area contributed by atoms with Gasteiger partial charge in [0.25, 0.3) is 5.91 Å². The van der Waals surface area contributed by atoms with Gasteiger partial charge in [0.2, 0.25) is 0 Å². The van der Waals surface area contributed by atoms with E-state index in [9.17, 15) is 14.9 Å². The van der Waals surface area contributed by atoms with Crippen molar-refractivity contribution in [2.75, 3.05) is 18.5 Å². The molecular weight excluding hydrogens is 548 g/mol. The van der Waals surface area contributed by atoms with Gasteiger partial charge in [-0.15, -0.1) is 11.3 Å². The number of carbonyl (C=O) groups excluding carboxylic acids is 2. The number of nitrogens with one attached hydrogen (secondary N) is 1. The first-order chi connectivity index (χ1) is 20.5. The zero-order valence-corrected chi connectivity index (χ0v) is 24.5. The van der Waals surface area contributed by atoms with Crippen LogP contribution in [0.3, 0.4) is 0 Å². The second-order valence-corrected chi connectivity index (χ2v) is 10.9. The maximum absolute atomic E-state index is 13.2. The van der Waals surface area contributed by atoms with Crippen LogP contribution >= 0.6 is 11.3 Å². The number of carbonyl (C=O) groups is 2. The Morgan fingerprint density at radius 2 is 1.79 bits per heavy atom. The quantitative estimate of drug-likeness (QED) is 0.119. The van der Waals surface area contributed by atoms with Crippen LogP contribution in [0, 0.1) is 11.3 Å². The lowest BCUT2D eigenvalue weighted by Crippen LogP contribution is -2.16. The van der Waals surface area contributed by atoms with Crippen molar-refractivity contribution < 1.29 is 23.8 Å². The Kier molecular flexibility index (Phi) is 9.20. The Labute approximate surface area is 249 Å². The van der Waals surface area contributed by atoms with E-state index in [0.717, 1.165) is 52.5 Å². The average Bonchev–Trinajstić information content (AvgIpc) is 3.37. The number of hydrogen-bond acceptors (Lipinski definition) is 7. The summed E-state index contributed by atoms with van der Waals surface area (Å²) in [6.45, 7) is 4.65. The van der Waals surface area contributed by atoms with Crippen LogP contribution in [0.2, 0.25) is 0 Å². The van der Waals surface area contributed by atoms with Crippen LogP contribution in [0.5, 0.6) is 11.5 Å². The maximum atomic E-state index is 13.2. The molecule has 0 saturated heterocycles. The first kappa shape index (κ1) is 28.9. The lowest BCUT2D eigenvalue weighted by molar-refractivity contribution is -0.112. The molecule has 8 heteroatoms. The lowest BCUT2D eigenvalue weighted by Gasteiger charge is -2.14. The third-order valence-electron chi connectivity index (χ3n) is 7.08. The number of benzene rings is 3. The number of ether oxygens (including phenoxy) is 3. The van der Waals surface area contributed by atoms with Crippen LogP contribution in [0.4, 0.5) is 5.00 Å². The number of nitrogens with zero attached hydrogens (tertiary/aromatic N) is 1. The first-order valence-corrected chi connectivity index (χ1v) is 14.9. The maximum Gasteiger partial charge on any atom is 0.341 e. The van der Waals surface area contributed by atoms with Crippen LogP contribution in [0.1, 0.15) is 58.6 Å². The number of nitriles is 1. The number of anilines is 1. The molecule has 0 atom stereocenters. The Balaban J connectivity index is 1.37. The molecule has 0 aliphatic heterocycles. The summed E-state index contributed by atoms with van der Waals surface area (Å²) < 4.78 is 17.3. The van der Waals surface area contributed by atoms with Gasteiger partial charge in [-0.25, -0.2) is 4.79 Å². The minimum absolute atomic E-state index is 0.0944.